The monoisotopic (exact) mass is 492 g/mol. The van der Waals surface area contributed by atoms with E-state index in [0.29, 0.717) is 41.8 Å². The Balaban J connectivity index is 1.60. The van der Waals surface area contributed by atoms with Gasteiger partial charge in [0.05, 0.1) is 17.1 Å². The van der Waals surface area contributed by atoms with Gasteiger partial charge >= 0.3 is 0 Å². The van der Waals surface area contributed by atoms with Gasteiger partial charge in [0.2, 0.25) is 0 Å². The van der Waals surface area contributed by atoms with Crippen LogP contribution in [0.2, 0.25) is 0 Å². The van der Waals surface area contributed by atoms with Crippen LogP contribution in [0.4, 0.5) is 18.9 Å². The molecular weight excluding hydrogens is 469 g/mol. The largest absolute Gasteiger partial charge is 0.460 e. The number of hydrogen-bond acceptors (Lipinski definition) is 4. The molecule has 184 valence electrons. The number of benzene rings is 2. The summed E-state index contributed by atoms with van der Waals surface area (Å²) in [6, 6.07) is 12.2. The molecule has 2 aliphatic rings. The average molecular weight is 492 g/mol. The molecule has 1 unspecified atom stereocenters. The van der Waals surface area contributed by atoms with Crippen molar-refractivity contribution in [2.75, 3.05) is 5.32 Å². The maximum absolute atomic E-state index is 14.5. The second kappa shape index (κ2) is 9.18. The number of carbonyl (C=O) groups excluding carboxylic acids is 2. The summed E-state index contributed by atoms with van der Waals surface area (Å²) in [4.78, 5) is 26.6. The van der Waals surface area contributed by atoms with Gasteiger partial charge < -0.3 is 15.1 Å². The van der Waals surface area contributed by atoms with Gasteiger partial charge in [0.25, 0.3) is 5.91 Å². The minimum Gasteiger partial charge on any atom is -0.460 e. The molecule has 1 atom stereocenters. The molecule has 0 saturated carbocycles. The number of amides is 1. The summed E-state index contributed by atoms with van der Waals surface area (Å²) in [5, 5.41) is 6.14. The van der Waals surface area contributed by atoms with Gasteiger partial charge in [-0.25, -0.2) is 13.2 Å². The van der Waals surface area contributed by atoms with Crippen LogP contribution in [-0.4, -0.2) is 11.7 Å². The van der Waals surface area contributed by atoms with Crippen LogP contribution in [0.3, 0.4) is 0 Å². The van der Waals surface area contributed by atoms with E-state index in [2.05, 4.69) is 10.6 Å². The van der Waals surface area contributed by atoms with Crippen LogP contribution in [0.5, 0.6) is 0 Å². The van der Waals surface area contributed by atoms with Crippen LogP contribution in [-0.2, 0) is 9.59 Å². The molecule has 0 spiro atoms. The molecule has 8 heteroatoms. The van der Waals surface area contributed by atoms with Crippen molar-refractivity contribution in [1.82, 2.24) is 5.32 Å². The Bertz CT molecular complexity index is 1470. The molecule has 0 saturated heterocycles. The number of rotatable bonds is 4. The van der Waals surface area contributed by atoms with Crippen LogP contribution >= 0.6 is 0 Å². The summed E-state index contributed by atoms with van der Waals surface area (Å²) in [6.45, 7) is 3.62. The lowest BCUT2D eigenvalue weighted by atomic mass is 9.77. The van der Waals surface area contributed by atoms with Crippen LogP contribution in [0, 0.1) is 24.4 Å². The SMILES string of the molecule is CC1=C(C(=O)Nc2ccccc2C)C(c2ccc(-c3ccc(F)c(F)c3F)o2)C2=C(CCCC2=O)N1. The number of hydrogen-bond donors (Lipinski definition) is 2. The maximum atomic E-state index is 14.5. The normalized spacial score (nSPS) is 17.7. The molecule has 36 heavy (non-hydrogen) atoms. The number of aryl methyl sites for hydroxylation is 1. The molecule has 1 aliphatic carbocycles. The lowest BCUT2D eigenvalue weighted by Crippen LogP contribution is -2.35. The predicted molar refractivity (Wildman–Crippen MR) is 128 cm³/mol. The van der Waals surface area contributed by atoms with E-state index in [-0.39, 0.29) is 22.9 Å². The van der Waals surface area contributed by atoms with Crippen molar-refractivity contribution in [1.29, 1.82) is 0 Å². The summed E-state index contributed by atoms with van der Waals surface area (Å²) < 4.78 is 47.7. The first-order chi connectivity index (χ1) is 17.3. The van der Waals surface area contributed by atoms with Crippen molar-refractivity contribution in [2.24, 2.45) is 0 Å². The number of carbonyl (C=O) groups is 2. The highest BCUT2D eigenvalue weighted by Gasteiger charge is 2.40. The van der Waals surface area contributed by atoms with Crippen LogP contribution in [0.1, 0.15) is 43.4 Å². The minimum absolute atomic E-state index is 0.0401. The first-order valence-corrected chi connectivity index (χ1v) is 11.6. The molecule has 2 N–H and O–H groups in total. The third-order valence-corrected chi connectivity index (χ3v) is 6.63. The number of ketones is 1. The third kappa shape index (κ3) is 4.02. The van der Waals surface area contributed by atoms with Crippen LogP contribution < -0.4 is 10.6 Å². The van der Waals surface area contributed by atoms with E-state index in [1.54, 1.807) is 19.1 Å². The highest BCUT2D eigenvalue weighted by Crippen LogP contribution is 2.44. The fraction of sp³-hybridized carbons (Fsp3) is 0.214. The lowest BCUT2D eigenvalue weighted by molar-refractivity contribution is -0.116. The van der Waals surface area contributed by atoms with E-state index in [4.69, 9.17) is 4.42 Å². The number of allylic oxidation sites excluding steroid dienone is 3. The summed E-state index contributed by atoms with van der Waals surface area (Å²) in [5.41, 5.74) is 3.24. The Morgan fingerprint density at radius 1 is 1.00 bits per heavy atom. The summed E-state index contributed by atoms with van der Waals surface area (Å²) >= 11 is 0. The zero-order valence-corrected chi connectivity index (χ0v) is 19.7. The molecule has 1 amide bonds. The van der Waals surface area contributed by atoms with E-state index >= 15 is 0 Å². The summed E-state index contributed by atoms with van der Waals surface area (Å²) in [5.74, 6) is -5.47. The molecule has 2 heterocycles. The van der Waals surface area contributed by atoms with Crippen LogP contribution in [0.25, 0.3) is 11.3 Å². The minimum atomic E-state index is -1.60. The van der Waals surface area contributed by atoms with Gasteiger partial charge in [-0.2, -0.15) is 0 Å². The topological polar surface area (TPSA) is 71.3 Å². The maximum Gasteiger partial charge on any atom is 0.254 e. The lowest BCUT2D eigenvalue weighted by Gasteiger charge is -2.33. The number of Topliss-reactive ketones (excluding diaryl/α,β-unsaturated/α-hetero) is 1. The van der Waals surface area contributed by atoms with Gasteiger partial charge in [-0.1, -0.05) is 18.2 Å². The molecule has 2 aromatic carbocycles. The molecule has 1 aliphatic heterocycles. The van der Waals surface area contributed by atoms with E-state index in [0.717, 1.165) is 23.4 Å². The van der Waals surface area contributed by atoms with Crippen LogP contribution in [0.15, 0.2) is 75.5 Å². The van der Waals surface area contributed by atoms with Gasteiger partial charge in [-0.05, 0) is 62.6 Å². The molecule has 0 fully saturated rings. The molecule has 5 rings (SSSR count). The van der Waals surface area contributed by atoms with Crippen molar-refractivity contribution >= 4 is 17.4 Å². The van der Waals surface area contributed by atoms with E-state index in [9.17, 15) is 22.8 Å². The molecular formula is C28H23F3N2O3. The zero-order chi connectivity index (χ0) is 25.6. The van der Waals surface area contributed by atoms with E-state index in [1.165, 1.54) is 12.1 Å². The smallest absolute Gasteiger partial charge is 0.254 e. The Labute approximate surface area is 205 Å². The zero-order valence-electron chi connectivity index (χ0n) is 19.7. The highest BCUT2D eigenvalue weighted by molar-refractivity contribution is 6.09. The number of anilines is 1. The van der Waals surface area contributed by atoms with Gasteiger partial charge in [0.1, 0.15) is 11.5 Å². The summed E-state index contributed by atoms with van der Waals surface area (Å²) in [7, 11) is 0. The van der Waals surface area contributed by atoms with Gasteiger partial charge in [0, 0.05) is 29.1 Å². The molecule has 0 radical (unpaired) electrons. The van der Waals surface area contributed by atoms with Gasteiger partial charge in [-0.15, -0.1) is 0 Å². The Hall–Kier alpha value is -4.07. The third-order valence-electron chi connectivity index (χ3n) is 6.63. The summed E-state index contributed by atoms with van der Waals surface area (Å²) in [6.07, 6.45) is 1.64. The fourth-order valence-corrected chi connectivity index (χ4v) is 4.84. The first-order valence-electron chi connectivity index (χ1n) is 11.6. The standard InChI is InChI=1S/C28H23F3N2O3/c1-14-6-3-4-7-18(14)33-28(35)23-15(2)32-19-8-5-9-20(34)24(19)25(23)22-13-12-21(36-22)16-10-11-17(29)27(31)26(16)30/h3-4,6-7,10-13,25,32H,5,8-9H2,1-2H3,(H,33,35). The Morgan fingerprint density at radius 3 is 2.56 bits per heavy atom. The first kappa shape index (κ1) is 23.7. The van der Waals surface area contributed by atoms with Crippen molar-refractivity contribution < 1.29 is 27.2 Å². The molecule has 0 bridgehead atoms. The predicted octanol–water partition coefficient (Wildman–Crippen LogP) is 6.28. The van der Waals surface area contributed by atoms with Gasteiger partial charge in [0.15, 0.2) is 23.2 Å². The highest BCUT2D eigenvalue weighted by atomic mass is 19.2. The number of nitrogens with one attached hydrogen (secondary N) is 2. The van der Waals surface area contributed by atoms with E-state index in [1.807, 2.05) is 19.1 Å². The number of furan rings is 1. The second-order valence-corrected chi connectivity index (χ2v) is 8.96. The number of halogens is 3. The molecule has 5 nitrogen and oxygen atoms in total. The van der Waals surface area contributed by atoms with Crippen molar-refractivity contribution in [3.05, 3.63) is 99.8 Å². The van der Waals surface area contributed by atoms with Gasteiger partial charge in [-0.3, -0.25) is 9.59 Å². The second-order valence-electron chi connectivity index (χ2n) is 8.96. The Morgan fingerprint density at radius 2 is 1.78 bits per heavy atom. The average Bonchev–Trinajstić information content (AvgIpc) is 3.33. The quantitative estimate of drug-likeness (QED) is 0.421. The number of para-hydroxylation sites is 1. The molecule has 3 aromatic rings. The van der Waals surface area contributed by atoms with Crippen molar-refractivity contribution in [3.8, 4) is 11.3 Å². The number of dihydropyridines is 1. The van der Waals surface area contributed by atoms with E-state index < -0.39 is 29.3 Å². The van der Waals surface area contributed by atoms with Crippen molar-refractivity contribution in [3.63, 3.8) is 0 Å². The fourth-order valence-electron chi connectivity index (χ4n) is 4.84. The Kier molecular flexibility index (Phi) is 6.04. The molecule has 1 aromatic heterocycles. The van der Waals surface area contributed by atoms with Crippen molar-refractivity contribution in [2.45, 2.75) is 39.0 Å².